The van der Waals surface area contributed by atoms with Gasteiger partial charge in [-0.2, -0.15) is 0 Å². The van der Waals surface area contributed by atoms with E-state index >= 15 is 0 Å². The second kappa shape index (κ2) is 7.44. The lowest BCUT2D eigenvalue weighted by Gasteiger charge is -2.13. The summed E-state index contributed by atoms with van der Waals surface area (Å²) in [5.41, 5.74) is 3.89. The Kier molecular flexibility index (Phi) is 5.07. The number of amides is 1. The summed E-state index contributed by atoms with van der Waals surface area (Å²) in [6.45, 7) is 3.53. The number of hydrogen-bond acceptors (Lipinski definition) is 2. The third-order valence-electron chi connectivity index (χ3n) is 4.16. The van der Waals surface area contributed by atoms with E-state index in [4.69, 9.17) is 0 Å². The van der Waals surface area contributed by atoms with E-state index in [0.717, 1.165) is 22.9 Å². The van der Waals surface area contributed by atoms with Gasteiger partial charge in [0.05, 0.1) is 5.92 Å². The van der Waals surface area contributed by atoms with Crippen LogP contribution in [0.2, 0.25) is 0 Å². The molecule has 0 aliphatic rings. The highest BCUT2D eigenvalue weighted by Crippen LogP contribution is 2.23. The summed E-state index contributed by atoms with van der Waals surface area (Å²) in [6, 6.07) is 14.4. The maximum Gasteiger partial charge on any atom is 0.231 e. The number of aryl methyl sites for hydroxylation is 1. The molecule has 0 saturated carbocycles. The van der Waals surface area contributed by atoms with E-state index in [0.29, 0.717) is 11.3 Å². The van der Waals surface area contributed by atoms with Crippen LogP contribution in [0.1, 0.15) is 24.1 Å². The quantitative estimate of drug-likeness (QED) is 0.712. The highest BCUT2D eigenvalue weighted by molar-refractivity contribution is 5.95. The van der Waals surface area contributed by atoms with E-state index in [1.54, 1.807) is 25.3 Å². The Morgan fingerprint density at radius 3 is 2.23 bits per heavy atom. The summed E-state index contributed by atoms with van der Waals surface area (Å²) in [5, 5.41) is 2.77. The molecule has 0 aliphatic carbocycles. The standard InChI is InChI=1S/C21H18F2N2O/c1-13-9-16(7-8-24-13)15-3-5-20(6-4-15)25-21(26)14(2)17-10-18(22)12-19(23)11-17/h3-12,14H,1-2H3,(H,25,26). The number of hydrogen-bond donors (Lipinski definition) is 1. The number of pyridine rings is 1. The predicted molar refractivity (Wildman–Crippen MR) is 97.8 cm³/mol. The van der Waals surface area contributed by atoms with E-state index in [-0.39, 0.29) is 5.91 Å². The van der Waals surface area contributed by atoms with Crippen molar-refractivity contribution in [1.82, 2.24) is 4.98 Å². The monoisotopic (exact) mass is 352 g/mol. The SMILES string of the molecule is Cc1cc(-c2ccc(NC(=O)C(C)c3cc(F)cc(F)c3)cc2)ccn1. The normalized spacial score (nSPS) is 11.8. The Morgan fingerprint density at radius 1 is 0.962 bits per heavy atom. The van der Waals surface area contributed by atoms with Crippen LogP contribution in [0.5, 0.6) is 0 Å². The van der Waals surface area contributed by atoms with Crippen LogP contribution in [0.15, 0.2) is 60.8 Å². The zero-order valence-corrected chi connectivity index (χ0v) is 14.5. The Bertz CT molecular complexity index is 919. The molecule has 1 N–H and O–H groups in total. The summed E-state index contributed by atoms with van der Waals surface area (Å²) < 4.78 is 26.7. The molecule has 132 valence electrons. The van der Waals surface area contributed by atoms with Crippen molar-refractivity contribution in [2.75, 3.05) is 5.32 Å². The molecular weight excluding hydrogens is 334 g/mol. The van der Waals surface area contributed by atoms with Gasteiger partial charge >= 0.3 is 0 Å². The second-order valence-corrected chi connectivity index (χ2v) is 6.18. The zero-order valence-electron chi connectivity index (χ0n) is 14.5. The van der Waals surface area contributed by atoms with E-state index in [9.17, 15) is 13.6 Å². The maximum absolute atomic E-state index is 13.3. The molecule has 0 fully saturated rings. The summed E-state index contributed by atoms with van der Waals surface area (Å²) in [7, 11) is 0. The van der Waals surface area contributed by atoms with Crippen LogP contribution in [0.3, 0.4) is 0 Å². The minimum Gasteiger partial charge on any atom is -0.326 e. The lowest BCUT2D eigenvalue weighted by Crippen LogP contribution is -2.19. The lowest BCUT2D eigenvalue weighted by molar-refractivity contribution is -0.117. The fourth-order valence-electron chi connectivity index (χ4n) is 2.70. The molecule has 1 amide bonds. The summed E-state index contributed by atoms with van der Waals surface area (Å²) in [4.78, 5) is 16.5. The zero-order chi connectivity index (χ0) is 18.7. The van der Waals surface area contributed by atoms with Crippen molar-refractivity contribution >= 4 is 11.6 Å². The average molecular weight is 352 g/mol. The number of nitrogens with zero attached hydrogens (tertiary/aromatic N) is 1. The van der Waals surface area contributed by atoms with Gasteiger partial charge in [-0.3, -0.25) is 9.78 Å². The first kappa shape index (κ1) is 17.7. The molecule has 0 radical (unpaired) electrons. The van der Waals surface area contributed by atoms with Crippen molar-refractivity contribution < 1.29 is 13.6 Å². The van der Waals surface area contributed by atoms with Gasteiger partial charge in [0, 0.05) is 23.6 Å². The Labute approximate surface area is 150 Å². The number of carbonyl (C=O) groups excluding carboxylic acids is 1. The first-order valence-electron chi connectivity index (χ1n) is 8.22. The Hall–Kier alpha value is -3.08. The van der Waals surface area contributed by atoms with Gasteiger partial charge in [0.1, 0.15) is 11.6 Å². The van der Waals surface area contributed by atoms with Gasteiger partial charge in [0.2, 0.25) is 5.91 Å². The molecule has 0 saturated heterocycles. The first-order valence-corrected chi connectivity index (χ1v) is 8.22. The molecular formula is C21H18F2N2O. The molecule has 26 heavy (non-hydrogen) atoms. The van der Waals surface area contributed by atoms with E-state index in [2.05, 4.69) is 10.3 Å². The number of rotatable bonds is 4. The number of aromatic nitrogens is 1. The minimum atomic E-state index is -0.698. The number of carbonyl (C=O) groups is 1. The Morgan fingerprint density at radius 2 is 1.62 bits per heavy atom. The summed E-state index contributed by atoms with van der Waals surface area (Å²) in [6.07, 6.45) is 1.75. The Balaban J connectivity index is 1.73. The maximum atomic E-state index is 13.3. The molecule has 3 rings (SSSR count). The van der Waals surface area contributed by atoms with Gasteiger partial charge < -0.3 is 5.32 Å². The van der Waals surface area contributed by atoms with Crippen molar-refractivity contribution in [2.45, 2.75) is 19.8 Å². The molecule has 1 aromatic heterocycles. The average Bonchev–Trinajstić information content (AvgIpc) is 2.61. The molecule has 1 heterocycles. The summed E-state index contributed by atoms with van der Waals surface area (Å²) >= 11 is 0. The van der Waals surface area contributed by atoms with Crippen LogP contribution in [0.4, 0.5) is 14.5 Å². The minimum absolute atomic E-state index is 0.295. The van der Waals surface area contributed by atoms with Gasteiger partial charge in [0.25, 0.3) is 0 Å². The van der Waals surface area contributed by atoms with Gasteiger partial charge in [-0.1, -0.05) is 12.1 Å². The van der Waals surface area contributed by atoms with E-state index in [1.807, 2.05) is 31.2 Å². The van der Waals surface area contributed by atoms with Crippen molar-refractivity contribution in [3.05, 3.63) is 83.7 Å². The fraction of sp³-hybridized carbons (Fsp3) is 0.143. The van der Waals surface area contributed by atoms with E-state index < -0.39 is 17.6 Å². The van der Waals surface area contributed by atoms with Crippen LogP contribution in [-0.4, -0.2) is 10.9 Å². The van der Waals surface area contributed by atoms with Crippen LogP contribution < -0.4 is 5.32 Å². The van der Waals surface area contributed by atoms with Crippen molar-refractivity contribution in [2.24, 2.45) is 0 Å². The summed E-state index contributed by atoms with van der Waals surface area (Å²) in [5.74, 6) is -2.40. The largest absolute Gasteiger partial charge is 0.326 e. The van der Waals surface area contributed by atoms with Crippen LogP contribution in [0, 0.1) is 18.6 Å². The fourth-order valence-corrected chi connectivity index (χ4v) is 2.70. The van der Waals surface area contributed by atoms with Crippen molar-refractivity contribution in [3.8, 4) is 11.1 Å². The predicted octanol–water partition coefficient (Wildman–Crippen LogP) is 5.08. The van der Waals surface area contributed by atoms with Gasteiger partial charge in [-0.15, -0.1) is 0 Å². The van der Waals surface area contributed by atoms with E-state index in [1.165, 1.54) is 12.1 Å². The number of benzene rings is 2. The molecule has 0 spiro atoms. The third kappa shape index (κ3) is 4.11. The van der Waals surface area contributed by atoms with Crippen molar-refractivity contribution in [3.63, 3.8) is 0 Å². The molecule has 0 bridgehead atoms. The first-order chi connectivity index (χ1) is 12.4. The van der Waals surface area contributed by atoms with Crippen LogP contribution in [-0.2, 0) is 4.79 Å². The number of halogens is 2. The molecule has 5 heteroatoms. The number of nitrogens with one attached hydrogen (secondary N) is 1. The second-order valence-electron chi connectivity index (χ2n) is 6.18. The number of anilines is 1. The highest BCUT2D eigenvalue weighted by atomic mass is 19.1. The van der Waals surface area contributed by atoms with Crippen LogP contribution >= 0.6 is 0 Å². The molecule has 3 nitrogen and oxygen atoms in total. The topological polar surface area (TPSA) is 42.0 Å². The van der Waals surface area contributed by atoms with Crippen molar-refractivity contribution in [1.29, 1.82) is 0 Å². The molecule has 2 aromatic carbocycles. The molecule has 0 aliphatic heterocycles. The molecule has 3 aromatic rings. The molecule has 1 atom stereocenters. The van der Waals surface area contributed by atoms with Crippen LogP contribution in [0.25, 0.3) is 11.1 Å². The van der Waals surface area contributed by atoms with Gasteiger partial charge in [0.15, 0.2) is 0 Å². The lowest BCUT2D eigenvalue weighted by atomic mass is 9.99. The smallest absolute Gasteiger partial charge is 0.231 e. The third-order valence-corrected chi connectivity index (χ3v) is 4.16. The van der Waals surface area contributed by atoms with Gasteiger partial charge in [-0.25, -0.2) is 8.78 Å². The molecule has 1 unspecified atom stereocenters. The highest BCUT2D eigenvalue weighted by Gasteiger charge is 2.17. The van der Waals surface area contributed by atoms with Gasteiger partial charge in [-0.05, 0) is 66.9 Å².